The van der Waals surface area contributed by atoms with Crippen molar-refractivity contribution in [2.75, 3.05) is 29.9 Å². The van der Waals surface area contributed by atoms with Crippen LogP contribution in [0.15, 0.2) is 48.5 Å². The SMILES string of the molecule is c1ccc2sc(NCC3CCN(c4nc5ccccc5s4)CC3)nc2c1. The van der Waals surface area contributed by atoms with Crippen molar-refractivity contribution >= 4 is 53.4 Å². The number of rotatable bonds is 4. The summed E-state index contributed by atoms with van der Waals surface area (Å²) in [6, 6.07) is 16.7. The fourth-order valence-corrected chi connectivity index (χ4v) is 5.39. The van der Waals surface area contributed by atoms with Gasteiger partial charge in [0.1, 0.15) is 0 Å². The molecule has 6 heteroatoms. The van der Waals surface area contributed by atoms with Crippen molar-refractivity contribution < 1.29 is 0 Å². The minimum absolute atomic E-state index is 0.702. The van der Waals surface area contributed by atoms with Gasteiger partial charge in [0.2, 0.25) is 0 Å². The fourth-order valence-electron chi connectivity index (χ4n) is 3.50. The second-order valence-electron chi connectivity index (χ2n) is 6.76. The molecule has 0 bridgehead atoms. The molecule has 4 aromatic rings. The van der Waals surface area contributed by atoms with Crippen molar-refractivity contribution in [3.8, 4) is 0 Å². The maximum Gasteiger partial charge on any atom is 0.186 e. The van der Waals surface area contributed by atoms with Crippen LogP contribution in [0.4, 0.5) is 10.3 Å². The molecule has 1 saturated heterocycles. The lowest BCUT2D eigenvalue weighted by Crippen LogP contribution is -2.35. The number of hydrogen-bond acceptors (Lipinski definition) is 6. The number of hydrogen-bond donors (Lipinski definition) is 1. The van der Waals surface area contributed by atoms with Gasteiger partial charge in [-0.3, -0.25) is 0 Å². The molecule has 1 N–H and O–H groups in total. The molecule has 0 aliphatic carbocycles. The van der Waals surface area contributed by atoms with E-state index >= 15 is 0 Å². The third-order valence-corrected chi connectivity index (χ3v) is 7.09. The van der Waals surface area contributed by atoms with Crippen molar-refractivity contribution in [3.05, 3.63) is 48.5 Å². The zero-order valence-electron chi connectivity index (χ0n) is 14.4. The molecule has 5 rings (SSSR count). The van der Waals surface area contributed by atoms with Crippen LogP contribution in [0.5, 0.6) is 0 Å². The monoisotopic (exact) mass is 380 g/mol. The number of benzene rings is 2. The quantitative estimate of drug-likeness (QED) is 0.526. The largest absolute Gasteiger partial charge is 0.361 e. The van der Waals surface area contributed by atoms with E-state index in [4.69, 9.17) is 4.98 Å². The molecule has 0 saturated carbocycles. The van der Waals surface area contributed by atoms with Crippen LogP contribution >= 0.6 is 22.7 Å². The Kier molecular flexibility index (Phi) is 4.22. The number of anilines is 2. The lowest BCUT2D eigenvalue weighted by Gasteiger charge is -2.31. The number of fused-ring (bicyclic) bond motifs is 2. The standard InChI is InChI=1S/C20H20N4S2/c1-3-7-17-15(5-1)22-19(25-17)21-13-14-9-11-24(12-10-14)20-23-16-6-2-4-8-18(16)26-20/h1-8,14H,9-13H2,(H,21,22). The first kappa shape index (κ1) is 16.0. The van der Waals surface area contributed by atoms with Crippen molar-refractivity contribution in [2.24, 2.45) is 5.92 Å². The summed E-state index contributed by atoms with van der Waals surface area (Å²) in [5.41, 5.74) is 2.21. The summed E-state index contributed by atoms with van der Waals surface area (Å²) in [6.45, 7) is 3.19. The Labute approximate surface area is 160 Å². The molecule has 0 amide bonds. The van der Waals surface area contributed by atoms with E-state index in [9.17, 15) is 0 Å². The van der Waals surface area contributed by atoms with Crippen molar-refractivity contribution in [2.45, 2.75) is 12.8 Å². The van der Waals surface area contributed by atoms with Crippen LogP contribution in [0.2, 0.25) is 0 Å². The minimum Gasteiger partial charge on any atom is -0.361 e. The third-order valence-electron chi connectivity index (χ3n) is 5.00. The molecule has 4 nitrogen and oxygen atoms in total. The lowest BCUT2D eigenvalue weighted by molar-refractivity contribution is 0.423. The molecule has 2 aromatic heterocycles. The smallest absolute Gasteiger partial charge is 0.186 e. The average molecular weight is 381 g/mol. The third kappa shape index (κ3) is 3.15. The van der Waals surface area contributed by atoms with E-state index in [1.54, 1.807) is 11.3 Å². The molecular formula is C20H20N4S2. The van der Waals surface area contributed by atoms with Crippen LogP contribution < -0.4 is 10.2 Å². The van der Waals surface area contributed by atoms with E-state index in [1.165, 1.54) is 27.4 Å². The molecule has 1 fully saturated rings. The van der Waals surface area contributed by atoms with Crippen LogP contribution in [0.1, 0.15) is 12.8 Å². The Bertz CT molecular complexity index is 964. The van der Waals surface area contributed by atoms with E-state index in [2.05, 4.69) is 57.7 Å². The highest BCUT2D eigenvalue weighted by Gasteiger charge is 2.21. The highest BCUT2D eigenvalue weighted by molar-refractivity contribution is 7.22. The highest BCUT2D eigenvalue weighted by atomic mass is 32.1. The maximum atomic E-state index is 4.80. The van der Waals surface area contributed by atoms with Crippen molar-refractivity contribution in [1.29, 1.82) is 0 Å². The second-order valence-corrected chi connectivity index (χ2v) is 8.80. The zero-order chi connectivity index (χ0) is 17.3. The van der Waals surface area contributed by atoms with Crippen LogP contribution in [-0.2, 0) is 0 Å². The molecule has 3 heterocycles. The fraction of sp³-hybridized carbons (Fsp3) is 0.300. The number of aromatic nitrogens is 2. The molecule has 132 valence electrons. The Morgan fingerprint density at radius 2 is 1.54 bits per heavy atom. The van der Waals surface area contributed by atoms with Gasteiger partial charge in [-0.2, -0.15) is 0 Å². The van der Waals surface area contributed by atoms with Crippen LogP contribution in [-0.4, -0.2) is 29.6 Å². The first-order valence-electron chi connectivity index (χ1n) is 9.05. The van der Waals surface area contributed by atoms with E-state index in [1.807, 2.05) is 17.4 Å². The zero-order valence-corrected chi connectivity index (χ0v) is 16.0. The predicted octanol–water partition coefficient (Wildman–Crippen LogP) is 5.23. The van der Waals surface area contributed by atoms with E-state index < -0.39 is 0 Å². The number of nitrogens with one attached hydrogen (secondary N) is 1. The molecule has 0 unspecified atom stereocenters. The van der Waals surface area contributed by atoms with E-state index in [-0.39, 0.29) is 0 Å². The van der Waals surface area contributed by atoms with Gasteiger partial charge in [0, 0.05) is 19.6 Å². The maximum absolute atomic E-state index is 4.80. The molecule has 0 atom stereocenters. The van der Waals surface area contributed by atoms with Gasteiger partial charge < -0.3 is 10.2 Å². The molecule has 0 radical (unpaired) electrons. The summed E-state index contributed by atoms with van der Waals surface area (Å²) < 4.78 is 2.53. The normalized spacial score (nSPS) is 15.8. The Hall–Kier alpha value is -2.18. The van der Waals surface area contributed by atoms with Gasteiger partial charge in [0.15, 0.2) is 10.3 Å². The highest BCUT2D eigenvalue weighted by Crippen LogP contribution is 2.32. The van der Waals surface area contributed by atoms with Crippen molar-refractivity contribution in [1.82, 2.24) is 9.97 Å². The molecule has 26 heavy (non-hydrogen) atoms. The van der Waals surface area contributed by atoms with Crippen LogP contribution in [0, 0.1) is 5.92 Å². The van der Waals surface area contributed by atoms with Gasteiger partial charge >= 0.3 is 0 Å². The van der Waals surface area contributed by atoms with Gasteiger partial charge in [-0.05, 0) is 43.0 Å². The van der Waals surface area contributed by atoms with Gasteiger partial charge in [0.05, 0.1) is 20.4 Å². The number of para-hydroxylation sites is 2. The Morgan fingerprint density at radius 1 is 0.885 bits per heavy atom. The molecule has 0 spiro atoms. The summed E-state index contributed by atoms with van der Waals surface area (Å²) in [5.74, 6) is 0.702. The van der Waals surface area contributed by atoms with E-state index in [0.717, 1.165) is 35.8 Å². The lowest BCUT2D eigenvalue weighted by atomic mass is 9.97. The van der Waals surface area contributed by atoms with Crippen LogP contribution in [0.25, 0.3) is 20.4 Å². The van der Waals surface area contributed by atoms with Gasteiger partial charge in [-0.1, -0.05) is 46.9 Å². The van der Waals surface area contributed by atoms with Gasteiger partial charge in [-0.15, -0.1) is 0 Å². The number of piperidine rings is 1. The summed E-state index contributed by atoms with van der Waals surface area (Å²) in [7, 11) is 0. The molecular weight excluding hydrogens is 360 g/mol. The topological polar surface area (TPSA) is 41.0 Å². The average Bonchev–Trinajstić information content (AvgIpc) is 3.30. The predicted molar refractivity (Wildman–Crippen MR) is 113 cm³/mol. The Balaban J connectivity index is 1.19. The Morgan fingerprint density at radius 3 is 2.23 bits per heavy atom. The minimum atomic E-state index is 0.702. The first-order chi connectivity index (χ1) is 12.8. The summed E-state index contributed by atoms with van der Waals surface area (Å²) >= 11 is 3.55. The summed E-state index contributed by atoms with van der Waals surface area (Å²) in [6.07, 6.45) is 2.40. The van der Waals surface area contributed by atoms with Gasteiger partial charge in [-0.25, -0.2) is 9.97 Å². The summed E-state index contributed by atoms with van der Waals surface area (Å²) in [4.78, 5) is 11.9. The van der Waals surface area contributed by atoms with Crippen LogP contribution in [0.3, 0.4) is 0 Å². The summed E-state index contributed by atoms with van der Waals surface area (Å²) in [5, 5.41) is 5.77. The molecule has 2 aromatic carbocycles. The second kappa shape index (κ2) is 6.85. The number of nitrogens with zero attached hydrogens (tertiary/aromatic N) is 3. The molecule has 1 aliphatic rings. The molecule has 1 aliphatic heterocycles. The first-order valence-corrected chi connectivity index (χ1v) is 10.7. The van der Waals surface area contributed by atoms with Gasteiger partial charge in [0.25, 0.3) is 0 Å². The van der Waals surface area contributed by atoms with E-state index in [0.29, 0.717) is 5.92 Å². The number of thiazole rings is 2. The van der Waals surface area contributed by atoms with Crippen molar-refractivity contribution in [3.63, 3.8) is 0 Å².